The summed E-state index contributed by atoms with van der Waals surface area (Å²) in [6, 6.07) is 8.42. The van der Waals surface area contributed by atoms with Gasteiger partial charge in [-0.05, 0) is 75.1 Å². The molecule has 3 aromatic rings. The van der Waals surface area contributed by atoms with Crippen LogP contribution in [0.3, 0.4) is 0 Å². The predicted molar refractivity (Wildman–Crippen MR) is 218 cm³/mol. The number of benzene rings is 2. The second-order valence-electron chi connectivity index (χ2n) is 16.8. The maximum absolute atomic E-state index is 15.2. The molecular weight excluding hydrogens is 767 g/mol. The van der Waals surface area contributed by atoms with E-state index in [1.165, 1.54) is 9.80 Å². The van der Waals surface area contributed by atoms with Gasteiger partial charge in [0, 0.05) is 37.9 Å². The molecular formula is C42H60F2N8O7. The minimum absolute atomic E-state index is 0.0266. The van der Waals surface area contributed by atoms with Crippen LogP contribution >= 0.6 is 0 Å². The summed E-state index contributed by atoms with van der Waals surface area (Å²) in [5, 5.41) is 15.4. The molecule has 0 saturated heterocycles. The monoisotopic (exact) mass is 826 g/mol. The third kappa shape index (κ3) is 14.0. The van der Waals surface area contributed by atoms with Crippen molar-refractivity contribution in [3.05, 3.63) is 77.8 Å². The highest BCUT2D eigenvalue weighted by molar-refractivity contribution is 5.91. The summed E-state index contributed by atoms with van der Waals surface area (Å²) >= 11 is 0. The second kappa shape index (κ2) is 20.9. The molecule has 0 saturated carbocycles. The molecule has 3 rings (SSSR count). The van der Waals surface area contributed by atoms with E-state index in [9.17, 15) is 33.5 Å². The van der Waals surface area contributed by atoms with E-state index in [-0.39, 0.29) is 56.7 Å². The SMILES string of the molecule is CC(C)[C@H](NC(=O)OC(C)(C)C)C(=O)N(CCCN(C(=O)CO)[C@@H](c1nc(-c2cc(F)ccc2F)cn1Cc1ccccc1)C(C)(C)C)[C@@H](CCCNC(N)=O)C(N)=O. The lowest BCUT2D eigenvalue weighted by atomic mass is 9.84. The largest absolute Gasteiger partial charge is 0.444 e. The summed E-state index contributed by atoms with van der Waals surface area (Å²) in [7, 11) is 0. The molecule has 59 heavy (non-hydrogen) atoms. The minimum atomic E-state index is -1.20. The van der Waals surface area contributed by atoms with Crippen LogP contribution in [0, 0.1) is 23.0 Å². The van der Waals surface area contributed by atoms with Gasteiger partial charge in [-0.3, -0.25) is 14.4 Å². The molecule has 15 nitrogen and oxygen atoms in total. The third-order valence-corrected chi connectivity index (χ3v) is 9.38. The topological polar surface area (TPSA) is 215 Å². The smallest absolute Gasteiger partial charge is 0.408 e. The number of carbonyl (C=O) groups is 5. The lowest BCUT2D eigenvalue weighted by Gasteiger charge is -2.40. The number of imidazole rings is 1. The molecule has 324 valence electrons. The Hall–Kier alpha value is -5.58. The van der Waals surface area contributed by atoms with Crippen LogP contribution in [0.1, 0.15) is 92.1 Å². The Morgan fingerprint density at radius 3 is 2.14 bits per heavy atom. The molecule has 0 fully saturated rings. The van der Waals surface area contributed by atoms with Crippen molar-refractivity contribution in [2.24, 2.45) is 22.8 Å². The zero-order valence-corrected chi connectivity index (χ0v) is 35.3. The molecule has 7 N–H and O–H groups in total. The van der Waals surface area contributed by atoms with Gasteiger partial charge in [-0.15, -0.1) is 0 Å². The zero-order chi connectivity index (χ0) is 44.2. The molecule has 2 aromatic carbocycles. The lowest BCUT2D eigenvalue weighted by molar-refractivity contribution is -0.143. The maximum Gasteiger partial charge on any atom is 0.408 e. The van der Waals surface area contributed by atoms with E-state index in [0.717, 1.165) is 23.8 Å². The highest BCUT2D eigenvalue weighted by Crippen LogP contribution is 2.39. The molecule has 0 aliphatic rings. The van der Waals surface area contributed by atoms with Crippen molar-refractivity contribution in [2.45, 2.75) is 105 Å². The molecule has 6 amide bonds. The predicted octanol–water partition coefficient (Wildman–Crippen LogP) is 4.86. The first-order valence-electron chi connectivity index (χ1n) is 19.6. The molecule has 0 spiro atoms. The molecule has 1 aromatic heterocycles. The van der Waals surface area contributed by atoms with E-state index < -0.39 is 83.1 Å². The first-order chi connectivity index (χ1) is 27.5. The molecule has 0 unspecified atom stereocenters. The number of aromatic nitrogens is 2. The summed E-state index contributed by atoms with van der Waals surface area (Å²) in [5.41, 5.74) is 10.4. The Morgan fingerprint density at radius 1 is 0.932 bits per heavy atom. The number of amides is 6. The number of rotatable bonds is 19. The Balaban J connectivity index is 2.10. The van der Waals surface area contributed by atoms with Crippen molar-refractivity contribution in [1.29, 1.82) is 0 Å². The minimum Gasteiger partial charge on any atom is -0.444 e. The third-order valence-electron chi connectivity index (χ3n) is 9.38. The number of aliphatic hydroxyl groups is 1. The Kier molecular flexibility index (Phi) is 16.9. The number of urea groups is 1. The molecule has 0 aliphatic heterocycles. The van der Waals surface area contributed by atoms with Crippen LogP contribution in [0.5, 0.6) is 0 Å². The van der Waals surface area contributed by atoms with Gasteiger partial charge in [0.15, 0.2) is 0 Å². The fraction of sp³-hybridized carbons (Fsp3) is 0.524. The van der Waals surface area contributed by atoms with Crippen LogP contribution in [0.15, 0.2) is 54.7 Å². The molecule has 0 bridgehead atoms. The van der Waals surface area contributed by atoms with Crippen LogP contribution < -0.4 is 22.1 Å². The highest BCUT2D eigenvalue weighted by Gasteiger charge is 2.40. The number of alkyl carbamates (subject to hydrolysis) is 1. The lowest BCUT2D eigenvalue weighted by Crippen LogP contribution is -2.57. The van der Waals surface area contributed by atoms with Gasteiger partial charge in [0.1, 0.15) is 41.8 Å². The van der Waals surface area contributed by atoms with Gasteiger partial charge in [-0.25, -0.2) is 23.4 Å². The first-order valence-corrected chi connectivity index (χ1v) is 19.6. The van der Waals surface area contributed by atoms with E-state index >= 15 is 4.39 Å². The highest BCUT2D eigenvalue weighted by atomic mass is 19.1. The van der Waals surface area contributed by atoms with Gasteiger partial charge in [0.2, 0.25) is 17.7 Å². The zero-order valence-electron chi connectivity index (χ0n) is 35.3. The van der Waals surface area contributed by atoms with Gasteiger partial charge in [-0.2, -0.15) is 0 Å². The fourth-order valence-corrected chi connectivity index (χ4v) is 6.78. The van der Waals surface area contributed by atoms with Gasteiger partial charge >= 0.3 is 12.1 Å². The van der Waals surface area contributed by atoms with Gasteiger partial charge in [0.05, 0.1) is 11.7 Å². The average Bonchev–Trinajstić information content (AvgIpc) is 3.53. The fourth-order valence-electron chi connectivity index (χ4n) is 6.78. The number of hydrogen-bond acceptors (Lipinski definition) is 8. The summed E-state index contributed by atoms with van der Waals surface area (Å²) < 4.78 is 36.8. The van der Waals surface area contributed by atoms with E-state index in [1.807, 2.05) is 51.1 Å². The van der Waals surface area contributed by atoms with Gasteiger partial charge in [0.25, 0.3) is 0 Å². The summed E-state index contributed by atoms with van der Waals surface area (Å²) in [6.45, 7) is 13.3. The van der Waals surface area contributed by atoms with Crippen molar-refractivity contribution >= 4 is 29.8 Å². The second-order valence-corrected chi connectivity index (χ2v) is 16.8. The number of hydrogen-bond donors (Lipinski definition) is 5. The van der Waals surface area contributed by atoms with Crippen LogP contribution in [-0.2, 0) is 25.7 Å². The van der Waals surface area contributed by atoms with E-state index in [1.54, 1.807) is 45.4 Å². The summed E-state index contributed by atoms with van der Waals surface area (Å²) in [6.07, 6.45) is 1.04. The van der Waals surface area contributed by atoms with Crippen molar-refractivity contribution in [2.75, 3.05) is 26.2 Å². The number of aliphatic hydroxyl groups excluding tert-OH is 1. The first kappa shape index (κ1) is 47.8. The van der Waals surface area contributed by atoms with Gasteiger partial charge in [-0.1, -0.05) is 65.0 Å². The number of ether oxygens (including phenoxy) is 1. The van der Waals surface area contributed by atoms with Crippen molar-refractivity contribution < 1.29 is 42.6 Å². The molecule has 0 aliphatic carbocycles. The summed E-state index contributed by atoms with van der Waals surface area (Å²) in [5.74, 6) is -3.65. The van der Waals surface area contributed by atoms with Crippen LogP contribution in [-0.4, -0.2) is 98.2 Å². The van der Waals surface area contributed by atoms with Crippen molar-refractivity contribution in [3.63, 3.8) is 0 Å². The number of carbonyl (C=O) groups excluding carboxylic acids is 5. The van der Waals surface area contributed by atoms with Crippen LogP contribution in [0.2, 0.25) is 0 Å². The molecule has 1 heterocycles. The number of primary amides is 2. The number of nitrogens with zero attached hydrogens (tertiary/aromatic N) is 4. The quantitative estimate of drug-likeness (QED) is 0.105. The normalized spacial score (nSPS) is 13.3. The number of nitrogens with two attached hydrogens (primary N) is 2. The summed E-state index contributed by atoms with van der Waals surface area (Å²) in [4.78, 5) is 73.0. The Labute approximate surface area is 344 Å². The number of halogens is 2. The van der Waals surface area contributed by atoms with Crippen LogP contribution in [0.4, 0.5) is 18.4 Å². The van der Waals surface area contributed by atoms with E-state index in [2.05, 4.69) is 10.6 Å². The van der Waals surface area contributed by atoms with Gasteiger partial charge < -0.3 is 46.3 Å². The molecule has 0 radical (unpaired) electrons. The standard InChI is InChI=1S/C42H60F2N8O7/c1-26(2)34(49-40(58)59-42(6,7)8)38(56)51(32(36(45)55)16-12-19-47-39(46)57)20-13-21-52(33(54)25-53)35(41(3,4)5)37-48-31(29-22-28(43)17-18-30(29)44)24-50(37)23-27-14-10-9-11-15-27/h9-11,14-15,17-18,22,24,26,32,34-35,53H,12-13,16,19-21,23,25H2,1-8H3,(H2,45,55)(H,49,58)(H3,46,47,57)/t32-,34-,35-/m0/s1. The Bertz CT molecular complexity index is 1910. The molecule has 17 heteroatoms. The Morgan fingerprint density at radius 2 is 1.58 bits per heavy atom. The van der Waals surface area contributed by atoms with E-state index in [0.29, 0.717) is 5.82 Å². The molecule has 3 atom stereocenters. The maximum atomic E-state index is 15.2. The number of nitrogens with one attached hydrogen (secondary N) is 2. The van der Waals surface area contributed by atoms with Crippen molar-refractivity contribution in [3.8, 4) is 11.3 Å². The van der Waals surface area contributed by atoms with Crippen LogP contribution in [0.25, 0.3) is 11.3 Å². The van der Waals surface area contributed by atoms with Crippen molar-refractivity contribution in [1.82, 2.24) is 30.0 Å². The van der Waals surface area contributed by atoms with E-state index in [4.69, 9.17) is 21.2 Å². The average molecular weight is 827 g/mol.